The summed E-state index contributed by atoms with van der Waals surface area (Å²) in [6, 6.07) is 17.0. The molecule has 136 valence electrons. The van der Waals surface area contributed by atoms with E-state index in [9.17, 15) is 9.59 Å². The lowest BCUT2D eigenvalue weighted by atomic mass is 10.2. The van der Waals surface area contributed by atoms with Crippen LogP contribution in [-0.2, 0) is 4.79 Å². The van der Waals surface area contributed by atoms with Gasteiger partial charge in [-0.05, 0) is 49.2 Å². The Hall–Kier alpha value is -3.02. The van der Waals surface area contributed by atoms with Crippen LogP contribution in [0.2, 0.25) is 0 Å². The first-order valence-corrected chi connectivity index (χ1v) is 8.77. The van der Waals surface area contributed by atoms with E-state index in [1.165, 1.54) is 6.92 Å². The zero-order chi connectivity index (χ0) is 18.4. The molecule has 0 spiro atoms. The van der Waals surface area contributed by atoms with Gasteiger partial charge in [0.1, 0.15) is 11.5 Å². The second-order valence-electron chi connectivity index (χ2n) is 6.25. The Morgan fingerprint density at radius 3 is 2.31 bits per heavy atom. The number of anilines is 1. The van der Waals surface area contributed by atoms with Gasteiger partial charge in [0.05, 0.1) is 0 Å². The predicted octanol–water partition coefficient (Wildman–Crippen LogP) is 3.29. The molecule has 6 nitrogen and oxygen atoms in total. The molecule has 2 N–H and O–H groups in total. The Bertz CT molecular complexity index is 743. The van der Waals surface area contributed by atoms with Crippen LogP contribution in [-0.4, -0.2) is 31.1 Å². The molecule has 0 radical (unpaired) electrons. The van der Waals surface area contributed by atoms with Gasteiger partial charge in [0.2, 0.25) is 5.91 Å². The Morgan fingerprint density at radius 1 is 1.04 bits per heavy atom. The minimum Gasteiger partial charge on any atom is -0.457 e. The van der Waals surface area contributed by atoms with Crippen molar-refractivity contribution >= 4 is 17.6 Å². The van der Waals surface area contributed by atoms with Crippen LogP contribution in [0.4, 0.5) is 10.5 Å². The summed E-state index contributed by atoms with van der Waals surface area (Å²) in [5.74, 6) is 1.38. The van der Waals surface area contributed by atoms with Gasteiger partial charge in [-0.3, -0.25) is 4.79 Å². The maximum absolute atomic E-state index is 12.0. The van der Waals surface area contributed by atoms with E-state index in [1.807, 2.05) is 54.6 Å². The third-order valence-corrected chi connectivity index (χ3v) is 4.04. The third kappa shape index (κ3) is 5.24. The maximum atomic E-state index is 12.0. The summed E-state index contributed by atoms with van der Waals surface area (Å²) in [5.41, 5.74) is 0.766. The van der Waals surface area contributed by atoms with Gasteiger partial charge < -0.3 is 20.3 Å². The van der Waals surface area contributed by atoms with E-state index in [0.29, 0.717) is 24.9 Å². The van der Waals surface area contributed by atoms with Crippen molar-refractivity contribution < 1.29 is 14.3 Å². The third-order valence-electron chi connectivity index (χ3n) is 4.04. The molecule has 3 amide bonds. The zero-order valence-electron chi connectivity index (χ0n) is 14.8. The quantitative estimate of drug-likeness (QED) is 0.802. The van der Waals surface area contributed by atoms with Gasteiger partial charge in [-0.25, -0.2) is 4.79 Å². The fraction of sp³-hybridized carbons (Fsp3) is 0.300. The van der Waals surface area contributed by atoms with Crippen molar-refractivity contribution in [1.82, 2.24) is 10.6 Å². The number of nitrogens with one attached hydrogen (secondary N) is 2. The minimum atomic E-state index is -0.178. The second-order valence-corrected chi connectivity index (χ2v) is 6.25. The number of hydrogen-bond donors (Lipinski definition) is 2. The number of amides is 3. The number of para-hydroxylation sites is 1. The van der Waals surface area contributed by atoms with Crippen LogP contribution < -0.4 is 20.3 Å². The highest BCUT2D eigenvalue weighted by Crippen LogP contribution is 2.24. The normalized spacial score (nSPS) is 13.0. The van der Waals surface area contributed by atoms with E-state index in [4.69, 9.17) is 4.74 Å². The van der Waals surface area contributed by atoms with Gasteiger partial charge >= 0.3 is 6.03 Å². The zero-order valence-corrected chi connectivity index (χ0v) is 14.8. The Balaban J connectivity index is 1.55. The lowest BCUT2D eigenvalue weighted by Gasteiger charge is -2.21. The van der Waals surface area contributed by atoms with Gasteiger partial charge in [-0.2, -0.15) is 0 Å². The van der Waals surface area contributed by atoms with E-state index in [1.54, 1.807) is 4.90 Å². The number of urea groups is 1. The summed E-state index contributed by atoms with van der Waals surface area (Å²) in [6.45, 7) is 2.31. The standard InChI is InChI=1S/C20H23N3O3/c1-15(24)23(14-13-21-20(25)22-16-7-8-16)17-9-11-19(12-10-17)26-18-5-3-2-4-6-18/h2-6,9-12,16H,7-8,13-14H2,1H3,(H2,21,22,25). The number of rotatable bonds is 7. The van der Waals surface area contributed by atoms with Crippen LogP contribution in [0.1, 0.15) is 19.8 Å². The van der Waals surface area contributed by atoms with Crippen LogP contribution in [0, 0.1) is 0 Å². The monoisotopic (exact) mass is 353 g/mol. The summed E-state index contributed by atoms with van der Waals surface area (Å²) in [4.78, 5) is 25.2. The van der Waals surface area contributed by atoms with Crippen LogP contribution >= 0.6 is 0 Å². The molecule has 0 saturated heterocycles. The fourth-order valence-corrected chi connectivity index (χ4v) is 2.53. The average Bonchev–Trinajstić information content (AvgIpc) is 3.44. The van der Waals surface area contributed by atoms with E-state index >= 15 is 0 Å². The highest BCUT2D eigenvalue weighted by atomic mass is 16.5. The maximum Gasteiger partial charge on any atom is 0.315 e. The summed E-state index contributed by atoms with van der Waals surface area (Å²) < 4.78 is 5.76. The molecule has 1 aliphatic rings. The lowest BCUT2D eigenvalue weighted by Crippen LogP contribution is -2.42. The van der Waals surface area contributed by atoms with Gasteiger partial charge in [0, 0.05) is 31.7 Å². The second kappa shape index (κ2) is 8.38. The summed E-state index contributed by atoms with van der Waals surface area (Å²) in [7, 11) is 0. The van der Waals surface area contributed by atoms with Gasteiger partial charge in [0.25, 0.3) is 0 Å². The molecule has 1 aliphatic carbocycles. The Morgan fingerprint density at radius 2 is 1.69 bits per heavy atom. The van der Waals surface area contributed by atoms with E-state index < -0.39 is 0 Å². The number of benzene rings is 2. The van der Waals surface area contributed by atoms with E-state index in [0.717, 1.165) is 24.3 Å². The molecule has 26 heavy (non-hydrogen) atoms. The highest BCUT2D eigenvalue weighted by Gasteiger charge is 2.23. The molecule has 0 heterocycles. The fourth-order valence-electron chi connectivity index (χ4n) is 2.53. The van der Waals surface area contributed by atoms with Gasteiger partial charge in [0.15, 0.2) is 0 Å². The molecule has 6 heteroatoms. The molecule has 1 saturated carbocycles. The summed E-state index contributed by atoms with van der Waals surface area (Å²) in [6.07, 6.45) is 2.09. The van der Waals surface area contributed by atoms with Crippen LogP contribution in [0.25, 0.3) is 0 Å². The van der Waals surface area contributed by atoms with Gasteiger partial charge in [-0.1, -0.05) is 18.2 Å². The molecule has 1 fully saturated rings. The van der Waals surface area contributed by atoms with Crippen molar-refractivity contribution in [2.45, 2.75) is 25.8 Å². The van der Waals surface area contributed by atoms with Crippen molar-refractivity contribution in [3.05, 3.63) is 54.6 Å². The largest absolute Gasteiger partial charge is 0.457 e. The molecule has 0 aromatic heterocycles. The number of carbonyl (C=O) groups excluding carboxylic acids is 2. The number of hydrogen-bond acceptors (Lipinski definition) is 3. The number of ether oxygens (including phenoxy) is 1. The predicted molar refractivity (Wildman–Crippen MR) is 101 cm³/mol. The van der Waals surface area contributed by atoms with Crippen molar-refractivity contribution in [2.24, 2.45) is 0 Å². The van der Waals surface area contributed by atoms with Crippen LogP contribution in [0.15, 0.2) is 54.6 Å². The first-order valence-electron chi connectivity index (χ1n) is 8.77. The summed E-state index contributed by atoms with van der Waals surface area (Å²) >= 11 is 0. The minimum absolute atomic E-state index is 0.0777. The van der Waals surface area contributed by atoms with Crippen molar-refractivity contribution in [1.29, 1.82) is 0 Å². The molecular formula is C20H23N3O3. The molecular weight excluding hydrogens is 330 g/mol. The molecule has 3 rings (SSSR count). The molecule has 0 bridgehead atoms. The number of nitrogens with zero attached hydrogens (tertiary/aromatic N) is 1. The highest BCUT2D eigenvalue weighted by molar-refractivity contribution is 5.91. The first kappa shape index (κ1) is 17.8. The number of carbonyl (C=O) groups is 2. The first-order chi connectivity index (χ1) is 12.6. The summed E-state index contributed by atoms with van der Waals surface area (Å²) in [5, 5.41) is 5.64. The van der Waals surface area contributed by atoms with Gasteiger partial charge in [-0.15, -0.1) is 0 Å². The molecule has 0 aliphatic heterocycles. The lowest BCUT2D eigenvalue weighted by molar-refractivity contribution is -0.116. The average molecular weight is 353 g/mol. The molecule has 0 unspecified atom stereocenters. The van der Waals surface area contributed by atoms with Crippen molar-refractivity contribution in [2.75, 3.05) is 18.0 Å². The molecule has 2 aromatic rings. The Kier molecular flexibility index (Phi) is 5.73. The van der Waals surface area contributed by atoms with Crippen molar-refractivity contribution in [3.63, 3.8) is 0 Å². The smallest absolute Gasteiger partial charge is 0.315 e. The molecule has 0 atom stereocenters. The topological polar surface area (TPSA) is 70.7 Å². The Labute approximate surface area is 153 Å². The van der Waals surface area contributed by atoms with E-state index in [-0.39, 0.29) is 11.9 Å². The van der Waals surface area contributed by atoms with Crippen LogP contribution in [0.3, 0.4) is 0 Å². The SMILES string of the molecule is CC(=O)N(CCNC(=O)NC1CC1)c1ccc(Oc2ccccc2)cc1. The van der Waals surface area contributed by atoms with Crippen molar-refractivity contribution in [3.8, 4) is 11.5 Å². The van der Waals surface area contributed by atoms with Crippen LogP contribution in [0.5, 0.6) is 11.5 Å². The van der Waals surface area contributed by atoms with E-state index in [2.05, 4.69) is 10.6 Å². The molecule has 2 aromatic carbocycles.